The molecule has 0 aliphatic rings. The second kappa shape index (κ2) is 12.0. The number of anilines is 2. The molecule has 0 bridgehead atoms. The van der Waals surface area contributed by atoms with Crippen molar-refractivity contribution in [3.63, 3.8) is 0 Å². The van der Waals surface area contributed by atoms with Crippen LogP contribution in [0.25, 0.3) is 11.1 Å². The van der Waals surface area contributed by atoms with E-state index < -0.39 is 0 Å². The summed E-state index contributed by atoms with van der Waals surface area (Å²) < 4.78 is 0. The summed E-state index contributed by atoms with van der Waals surface area (Å²) in [6.45, 7) is 5.72. The van der Waals surface area contributed by atoms with E-state index in [0.717, 1.165) is 22.9 Å². The lowest BCUT2D eigenvalue weighted by molar-refractivity contribution is -0.113. The Morgan fingerprint density at radius 1 is 0.921 bits per heavy atom. The van der Waals surface area contributed by atoms with E-state index >= 15 is 0 Å². The summed E-state index contributed by atoms with van der Waals surface area (Å²) >= 11 is 7.26. The molecule has 6 nitrogen and oxygen atoms in total. The van der Waals surface area contributed by atoms with Crippen molar-refractivity contribution < 1.29 is 9.59 Å². The van der Waals surface area contributed by atoms with Crippen LogP contribution in [0, 0.1) is 32.1 Å². The maximum Gasteiger partial charge on any atom is 0.258 e. The highest BCUT2D eigenvalue weighted by Gasteiger charge is 2.25. The highest BCUT2D eigenvalue weighted by Crippen LogP contribution is 2.36. The van der Waals surface area contributed by atoms with Gasteiger partial charge in [-0.2, -0.15) is 5.26 Å². The smallest absolute Gasteiger partial charge is 0.258 e. The van der Waals surface area contributed by atoms with Gasteiger partial charge in [0.05, 0.1) is 22.6 Å². The molecule has 190 valence electrons. The monoisotopic (exact) mass is 540 g/mol. The highest BCUT2D eigenvalue weighted by molar-refractivity contribution is 8.00. The second-order valence-corrected chi connectivity index (χ2v) is 10.1. The lowest BCUT2D eigenvalue weighted by Crippen LogP contribution is -2.18. The molecule has 38 heavy (non-hydrogen) atoms. The normalized spacial score (nSPS) is 10.5. The molecule has 2 amide bonds. The highest BCUT2D eigenvalue weighted by atomic mass is 35.5. The minimum atomic E-state index is -0.383. The van der Waals surface area contributed by atoms with Gasteiger partial charge in [0.25, 0.3) is 5.91 Å². The minimum Gasteiger partial charge on any atom is -0.325 e. The average Bonchev–Trinajstić information content (AvgIpc) is 2.90. The summed E-state index contributed by atoms with van der Waals surface area (Å²) in [4.78, 5) is 30.7. The van der Waals surface area contributed by atoms with Crippen molar-refractivity contribution in [2.24, 2.45) is 0 Å². The molecule has 0 unspecified atom stereocenters. The first-order chi connectivity index (χ1) is 18.3. The predicted molar refractivity (Wildman–Crippen MR) is 154 cm³/mol. The van der Waals surface area contributed by atoms with Crippen LogP contribution in [0.15, 0.2) is 77.8 Å². The van der Waals surface area contributed by atoms with E-state index in [-0.39, 0.29) is 28.7 Å². The molecule has 0 radical (unpaired) electrons. The number of hydrogen-bond acceptors (Lipinski definition) is 5. The number of carbonyl (C=O) groups is 2. The number of thioether (sulfide) groups is 1. The van der Waals surface area contributed by atoms with Gasteiger partial charge in [-0.15, -0.1) is 0 Å². The van der Waals surface area contributed by atoms with Gasteiger partial charge in [0.15, 0.2) is 0 Å². The van der Waals surface area contributed by atoms with E-state index in [4.69, 9.17) is 11.6 Å². The Kier molecular flexibility index (Phi) is 8.47. The number of aromatic nitrogens is 1. The van der Waals surface area contributed by atoms with Crippen molar-refractivity contribution >= 4 is 46.6 Å². The number of hydrogen-bond donors (Lipinski definition) is 2. The van der Waals surface area contributed by atoms with E-state index in [1.54, 1.807) is 43.3 Å². The van der Waals surface area contributed by atoms with E-state index in [0.29, 0.717) is 38.2 Å². The third-order valence-corrected chi connectivity index (χ3v) is 7.21. The first kappa shape index (κ1) is 26.9. The van der Waals surface area contributed by atoms with E-state index in [9.17, 15) is 14.9 Å². The molecule has 4 rings (SSSR count). The van der Waals surface area contributed by atoms with Gasteiger partial charge in [0.2, 0.25) is 5.91 Å². The lowest BCUT2D eigenvalue weighted by atomic mass is 9.94. The van der Waals surface area contributed by atoms with E-state index in [1.165, 1.54) is 0 Å². The van der Waals surface area contributed by atoms with E-state index in [2.05, 4.69) is 21.7 Å². The Hall–Kier alpha value is -4.12. The van der Waals surface area contributed by atoms with Crippen molar-refractivity contribution in [1.82, 2.24) is 4.98 Å². The summed E-state index contributed by atoms with van der Waals surface area (Å²) in [6.07, 6.45) is 0. The van der Waals surface area contributed by atoms with Gasteiger partial charge < -0.3 is 10.6 Å². The number of halogens is 1. The van der Waals surface area contributed by atoms with Crippen LogP contribution in [0.4, 0.5) is 11.4 Å². The number of benzene rings is 3. The van der Waals surface area contributed by atoms with Crippen molar-refractivity contribution in [2.45, 2.75) is 25.8 Å². The van der Waals surface area contributed by atoms with Gasteiger partial charge >= 0.3 is 0 Å². The van der Waals surface area contributed by atoms with Crippen LogP contribution in [0.1, 0.15) is 32.7 Å². The first-order valence-electron chi connectivity index (χ1n) is 11.8. The van der Waals surface area contributed by atoms with Crippen LogP contribution in [0.5, 0.6) is 0 Å². The van der Waals surface area contributed by atoms with Gasteiger partial charge in [0, 0.05) is 22.0 Å². The molecular formula is C30H25ClN4O2S. The SMILES string of the molecule is Cc1ccc(NC(=O)CSc2nc(C)c(C(=O)Nc3ccccc3)c(-c3ccc(Cl)cc3)c2C#N)cc1C. The van der Waals surface area contributed by atoms with Crippen LogP contribution >= 0.6 is 23.4 Å². The maximum absolute atomic E-state index is 13.4. The van der Waals surface area contributed by atoms with Gasteiger partial charge in [-0.25, -0.2) is 4.98 Å². The van der Waals surface area contributed by atoms with Gasteiger partial charge in [0.1, 0.15) is 11.1 Å². The fraction of sp³-hybridized carbons (Fsp3) is 0.133. The lowest BCUT2D eigenvalue weighted by Gasteiger charge is -2.17. The molecular weight excluding hydrogens is 516 g/mol. The van der Waals surface area contributed by atoms with E-state index in [1.807, 2.05) is 50.2 Å². The Morgan fingerprint density at radius 2 is 1.63 bits per heavy atom. The number of carbonyl (C=O) groups excluding carboxylic acids is 2. The molecule has 0 fully saturated rings. The Balaban J connectivity index is 1.69. The number of rotatable bonds is 7. The summed E-state index contributed by atoms with van der Waals surface area (Å²) in [7, 11) is 0. The number of aryl methyl sites for hydroxylation is 3. The largest absolute Gasteiger partial charge is 0.325 e. The quantitative estimate of drug-likeness (QED) is 0.242. The summed E-state index contributed by atoms with van der Waals surface area (Å²) in [5.74, 6) is -0.559. The Bertz CT molecular complexity index is 1550. The first-order valence-corrected chi connectivity index (χ1v) is 13.2. The van der Waals surface area contributed by atoms with Crippen molar-refractivity contribution in [2.75, 3.05) is 16.4 Å². The summed E-state index contributed by atoms with van der Waals surface area (Å²) in [6, 6.07) is 24.0. The third-order valence-electron chi connectivity index (χ3n) is 5.98. The second-order valence-electron chi connectivity index (χ2n) is 8.70. The topological polar surface area (TPSA) is 94.9 Å². The molecule has 3 aromatic carbocycles. The molecule has 0 atom stereocenters. The fourth-order valence-corrected chi connectivity index (χ4v) is 4.89. The molecule has 1 heterocycles. The minimum absolute atomic E-state index is 0.0453. The number of amides is 2. The van der Waals surface area contributed by atoms with Crippen LogP contribution < -0.4 is 10.6 Å². The van der Waals surface area contributed by atoms with Crippen LogP contribution in [-0.2, 0) is 4.79 Å². The Morgan fingerprint density at radius 3 is 2.29 bits per heavy atom. The zero-order chi connectivity index (χ0) is 27.2. The Labute approximate surface area is 231 Å². The van der Waals surface area contributed by atoms with Crippen LogP contribution in [0.2, 0.25) is 5.02 Å². The zero-order valence-electron chi connectivity index (χ0n) is 21.1. The molecule has 0 aliphatic heterocycles. The fourth-order valence-electron chi connectivity index (χ4n) is 3.93. The number of nitrogens with zero attached hydrogens (tertiary/aromatic N) is 2. The standard InChI is InChI=1S/C30H25ClN4O2S/c1-18-9-14-24(15-19(18)2)34-26(36)17-38-30-25(16-32)28(21-10-12-22(31)13-11-21)27(20(3)33-30)29(37)35-23-7-5-4-6-8-23/h4-15H,17H2,1-3H3,(H,34,36)(H,35,37). The van der Waals surface area contributed by atoms with Gasteiger partial charge in [-0.05, 0) is 73.9 Å². The summed E-state index contributed by atoms with van der Waals surface area (Å²) in [5, 5.41) is 16.9. The van der Waals surface area contributed by atoms with Crippen molar-refractivity contribution in [1.29, 1.82) is 5.26 Å². The van der Waals surface area contributed by atoms with Crippen molar-refractivity contribution in [3.05, 3.63) is 106 Å². The molecule has 2 N–H and O–H groups in total. The number of para-hydroxylation sites is 1. The van der Waals surface area contributed by atoms with Crippen LogP contribution in [-0.4, -0.2) is 22.6 Å². The molecule has 0 spiro atoms. The summed E-state index contributed by atoms with van der Waals surface area (Å²) in [5.41, 5.74) is 5.60. The molecule has 4 aromatic rings. The number of nitriles is 1. The maximum atomic E-state index is 13.4. The molecule has 0 saturated carbocycles. The van der Waals surface area contributed by atoms with Crippen LogP contribution in [0.3, 0.4) is 0 Å². The van der Waals surface area contributed by atoms with Crippen molar-refractivity contribution in [3.8, 4) is 17.2 Å². The predicted octanol–water partition coefficient (Wildman–Crippen LogP) is 7.18. The molecule has 0 aliphatic carbocycles. The van der Waals surface area contributed by atoms with Gasteiger partial charge in [-0.1, -0.05) is 59.8 Å². The number of nitrogens with one attached hydrogen (secondary N) is 2. The molecule has 8 heteroatoms. The molecule has 1 aromatic heterocycles. The number of pyridine rings is 1. The third kappa shape index (κ3) is 6.23. The average molecular weight is 541 g/mol. The molecule has 0 saturated heterocycles. The zero-order valence-corrected chi connectivity index (χ0v) is 22.7. The van der Waals surface area contributed by atoms with Gasteiger partial charge in [-0.3, -0.25) is 9.59 Å².